The van der Waals surface area contributed by atoms with E-state index in [9.17, 15) is 9.59 Å². The molecule has 0 saturated heterocycles. The number of esters is 1. The van der Waals surface area contributed by atoms with Gasteiger partial charge in [-0.3, -0.25) is 9.69 Å². The number of para-hydroxylation sites is 1. The molecule has 0 aliphatic heterocycles. The zero-order valence-electron chi connectivity index (χ0n) is 15.8. The number of carbonyl (C=O) groups excluding carboxylic acids is 2. The highest BCUT2D eigenvalue weighted by Crippen LogP contribution is 2.38. The molecule has 0 N–H and O–H groups in total. The van der Waals surface area contributed by atoms with Crippen molar-refractivity contribution in [3.8, 4) is 23.3 Å². The standard InChI is InChI=1S/C20H20N2O6/c1-25-16-11-14(12-17(26-2)19(16)27-3)20(24)28-13-18(23)22(10-9-21)15-7-5-4-6-8-15/h4-8,11-12H,10,13H2,1-3H3. The summed E-state index contributed by atoms with van der Waals surface area (Å²) in [6.07, 6.45) is 0. The molecule has 0 heterocycles. The minimum atomic E-state index is -0.738. The molecule has 0 spiro atoms. The maximum atomic E-state index is 12.4. The molecule has 8 nitrogen and oxygen atoms in total. The van der Waals surface area contributed by atoms with Crippen LogP contribution in [0.25, 0.3) is 0 Å². The van der Waals surface area contributed by atoms with Gasteiger partial charge in [-0.15, -0.1) is 0 Å². The van der Waals surface area contributed by atoms with Crippen LogP contribution in [0.4, 0.5) is 5.69 Å². The number of amides is 1. The lowest BCUT2D eigenvalue weighted by molar-refractivity contribution is -0.121. The van der Waals surface area contributed by atoms with E-state index in [4.69, 9.17) is 24.2 Å². The SMILES string of the molecule is COc1cc(C(=O)OCC(=O)N(CC#N)c2ccccc2)cc(OC)c1OC. The van der Waals surface area contributed by atoms with E-state index in [1.165, 1.54) is 38.4 Å². The number of carbonyl (C=O) groups is 2. The third-order valence-electron chi connectivity index (χ3n) is 3.82. The summed E-state index contributed by atoms with van der Waals surface area (Å²) in [5, 5.41) is 8.98. The first-order valence-electron chi connectivity index (χ1n) is 8.25. The highest BCUT2D eigenvalue weighted by Gasteiger charge is 2.21. The predicted octanol–water partition coefficient (Wildman–Crippen LogP) is 2.43. The first-order valence-corrected chi connectivity index (χ1v) is 8.25. The van der Waals surface area contributed by atoms with E-state index >= 15 is 0 Å². The Kier molecular flexibility index (Phi) is 7.22. The quantitative estimate of drug-likeness (QED) is 0.509. The topological polar surface area (TPSA) is 98.1 Å². The van der Waals surface area contributed by atoms with Crippen molar-refractivity contribution >= 4 is 17.6 Å². The predicted molar refractivity (Wildman–Crippen MR) is 101 cm³/mol. The summed E-state index contributed by atoms with van der Waals surface area (Å²) >= 11 is 0. The number of nitrogens with zero attached hydrogens (tertiary/aromatic N) is 2. The number of ether oxygens (including phenoxy) is 4. The summed E-state index contributed by atoms with van der Waals surface area (Å²) in [5.41, 5.74) is 0.673. The second-order valence-corrected chi connectivity index (χ2v) is 5.46. The van der Waals surface area contributed by atoms with E-state index in [-0.39, 0.29) is 23.6 Å². The average molecular weight is 384 g/mol. The van der Waals surface area contributed by atoms with Gasteiger partial charge in [0.25, 0.3) is 5.91 Å². The van der Waals surface area contributed by atoms with E-state index in [0.717, 1.165) is 0 Å². The molecule has 0 aliphatic carbocycles. The minimum Gasteiger partial charge on any atom is -0.493 e. The van der Waals surface area contributed by atoms with Crippen molar-refractivity contribution in [1.29, 1.82) is 5.26 Å². The molecule has 0 atom stereocenters. The van der Waals surface area contributed by atoms with Crippen LogP contribution in [0, 0.1) is 11.3 Å². The molecule has 1 amide bonds. The lowest BCUT2D eigenvalue weighted by atomic mass is 10.2. The van der Waals surface area contributed by atoms with Gasteiger partial charge in [0.2, 0.25) is 5.75 Å². The zero-order valence-corrected chi connectivity index (χ0v) is 15.8. The van der Waals surface area contributed by atoms with Crippen molar-refractivity contribution in [3.63, 3.8) is 0 Å². The molecule has 0 unspecified atom stereocenters. The van der Waals surface area contributed by atoms with Crippen LogP contribution in [0.1, 0.15) is 10.4 Å². The fourth-order valence-corrected chi connectivity index (χ4v) is 2.49. The summed E-state index contributed by atoms with van der Waals surface area (Å²) in [7, 11) is 4.30. The Morgan fingerprint density at radius 2 is 1.61 bits per heavy atom. The van der Waals surface area contributed by atoms with Crippen LogP contribution in [-0.4, -0.2) is 46.4 Å². The smallest absolute Gasteiger partial charge is 0.338 e. The molecule has 0 aliphatic rings. The van der Waals surface area contributed by atoms with Gasteiger partial charge in [-0.2, -0.15) is 5.26 Å². The number of hydrogen-bond donors (Lipinski definition) is 0. The molecule has 0 aromatic heterocycles. The first kappa shape index (κ1) is 20.6. The number of anilines is 1. The normalized spacial score (nSPS) is 9.79. The Bertz CT molecular complexity index is 851. The summed E-state index contributed by atoms with van der Waals surface area (Å²) in [5.74, 6) is -0.348. The monoisotopic (exact) mass is 384 g/mol. The Hall–Kier alpha value is -3.73. The lowest BCUT2D eigenvalue weighted by Crippen LogP contribution is -2.35. The Morgan fingerprint density at radius 3 is 2.11 bits per heavy atom. The number of nitriles is 1. The first-order chi connectivity index (χ1) is 13.5. The second-order valence-electron chi connectivity index (χ2n) is 5.46. The van der Waals surface area contributed by atoms with Crippen molar-refractivity contribution in [2.24, 2.45) is 0 Å². The van der Waals surface area contributed by atoms with Gasteiger partial charge >= 0.3 is 5.97 Å². The molecular formula is C20H20N2O6. The van der Waals surface area contributed by atoms with E-state index in [2.05, 4.69) is 0 Å². The van der Waals surface area contributed by atoms with Gasteiger partial charge in [-0.1, -0.05) is 18.2 Å². The van der Waals surface area contributed by atoms with E-state index < -0.39 is 18.5 Å². The third-order valence-corrected chi connectivity index (χ3v) is 3.82. The fraction of sp³-hybridized carbons (Fsp3) is 0.250. The molecular weight excluding hydrogens is 364 g/mol. The number of benzene rings is 2. The lowest BCUT2D eigenvalue weighted by Gasteiger charge is -2.19. The number of rotatable bonds is 8. The number of hydrogen-bond acceptors (Lipinski definition) is 7. The summed E-state index contributed by atoms with van der Waals surface area (Å²) in [4.78, 5) is 26.1. The molecule has 146 valence electrons. The van der Waals surface area contributed by atoms with Crippen molar-refractivity contribution in [2.75, 3.05) is 39.4 Å². The molecule has 0 fully saturated rings. The molecule has 0 bridgehead atoms. The second kappa shape index (κ2) is 9.83. The fourth-order valence-electron chi connectivity index (χ4n) is 2.49. The number of methoxy groups -OCH3 is 3. The van der Waals surface area contributed by atoms with Crippen molar-refractivity contribution in [3.05, 3.63) is 48.0 Å². The molecule has 8 heteroatoms. The van der Waals surface area contributed by atoms with Crippen LogP contribution < -0.4 is 19.1 Å². The molecule has 2 rings (SSSR count). The molecule has 28 heavy (non-hydrogen) atoms. The highest BCUT2D eigenvalue weighted by molar-refractivity contribution is 5.97. The summed E-state index contributed by atoms with van der Waals surface area (Å²) < 4.78 is 20.7. The van der Waals surface area contributed by atoms with Crippen molar-refractivity contribution in [1.82, 2.24) is 0 Å². The van der Waals surface area contributed by atoms with Gasteiger partial charge in [0.1, 0.15) is 6.54 Å². The van der Waals surface area contributed by atoms with E-state index in [0.29, 0.717) is 11.4 Å². The largest absolute Gasteiger partial charge is 0.493 e. The van der Waals surface area contributed by atoms with Gasteiger partial charge in [-0.25, -0.2) is 4.79 Å². The van der Waals surface area contributed by atoms with Gasteiger partial charge < -0.3 is 18.9 Å². The van der Waals surface area contributed by atoms with E-state index in [1.807, 2.05) is 6.07 Å². The maximum Gasteiger partial charge on any atom is 0.338 e. The Labute approximate surface area is 162 Å². The molecule has 2 aromatic carbocycles. The van der Waals surface area contributed by atoms with Crippen LogP contribution in [0.3, 0.4) is 0 Å². The summed E-state index contributed by atoms with van der Waals surface area (Å²) in [6, 6.07) is 13.5. The van der Waals surface area contributed by atoms with Crippen LogP contribution >= 0.6 is 0 Å². The molecule has 0 saturated carbocycles. The van der Waals surface area contributed by atoms with Gasteiger partial charge in [0, 0.05) is 5.69 Å². The zero-order chi connectivity index (χ0) is 20.5. The summed E-state index contributed by atoms with van der Waals surface area (Å²) in [6.45, 7) is -0.684. The van der Waals surface area contributed by atoms with Crippen LogP contribution in [-0.2, 0) is 9.53 Å². The maximum absolute atomic E-state index is 12.4. The third kappa shape index (κ3) is 4.71. The highest BCUT2D eigenvalue weighted by atomic mass is 16.5. The van der Waals surface area contributed by atoms with Crippen LogP contribution in [0.2, 0.25) is 0 Å². The van der Waals surface area contributed by atoms with Gasteiger partial charge in [0.15, 0.2) is 18.1 Å². The van der Waals surface area contributed by atoms with Crippen molar-refractivity contribution < 1.29 is 28.5 Å². The average Bonchev–Trinajstić information content (AvgIpc) is 2.74. The van der Waals surface area contributed by atoms with Gasteiger partial charge in [0.05, 0.1) is 33.0 Å². The van der Waals surface area contributed by atoms with Gasteiger partial charge in [-0.05, 0) is 24.3 Å². The molecule has 0 radical (unpaired) electrons. The van der Waals surface area contributed by atoms with Crippen LogP contribution in [0.5, 0.6) is 17.2 Å². The Morgan fingerprint density at radius 1 is 1.00 bits per heavy atom. The van der Waals surface area contributed by atoms with Crippen molar-refractivity contribution in [2.45, 2.75) is 0 Å². The van der Waals surface area contributed by atoms with Crippen LogP contribution in [0.15, 0.2) is 42.5 Å². The molecule has 2 aromatic rings. The minimum absolute atomic E-state index is 0.133. The Balaban J connectivity index is 2.14. The van der Waals surface area contributed by atoms with E-state index in [1.54, 1.807) is 30.3 Å².